The second-order valence-corrected chi connectivity index (χ2v) is 3.97. The van der Waals surface area contributed by atoms with E-state index in [1.54, 1.807) is 17.5 Å². The molecule has 3 heterocycles. The first kappa shape index (κ1) is 8.37. The van der Waals surface area contributed by atoms with E-state index in [4.69, 9.17) is 5.73 Å². The van der Waals surface area contributed by atoms with E-state index in [9.17, 15) is 0 Å². The smallest absolute Gasteiger partial charge is 0.222 e. The summed E-state index contributed by atoms with van der Waals surface area (Å²) in [6, 6.07) is 3.98. The molecule has 0 saturated heterocycles. The van der Waals surface area contributed by atoms with E-state index in [0.29, 0.717) is 5.65 Å². The van der Waals surface area contributed by atoms with Gasteiger partial charge in [0.2, 0.25) is 5.95 Å². The van der Waals surface area contributed by atoms with Crippen molar-refractivity contribution in [1.29, 1.82) is 0 Å². The fourth-order valence-corrected chi connectivity index (χ4v) is 2.02. The first-order valence-corrected chi connectivity index (χ1v) is 5.23. The Hall–Kier alpha value is -1.95. The van der Waals surface area contributed by atoms with Crippen LogP contribution in [0.4, 0.5) is 5.95 Å². The van der Waals surface area contributed by atoms with Gasteiger partial charge in [0.25, 0.3) is 0 Å². The molecule has 0 aromatic carbocycles. The lowest BCUT2D eigenvalue weighted by Gasteiger charge is -1.88. The average molecular weight is 217 g/mol. The molecule has 0 atom stereocenters. The molecule has 0 radical (unpaired) electrons. The monoisotopic (exact) mass is 217 g/mol. The van der Waals surface area contributed by atoms with Crippen LogP contribution < -0.4 is 5.73 Å². The zero-order valence-corrected chi connectivity index (χ0v) is 8.45. The molecule has 3 rings (SSSR count). The van der Waals surface area contributed by atoms with Gasteiger partial charge in [0.1, 0.15) is 11.3 Å². The summed E-state index contributed by atoms with van der Waals surface area (Å²) in [6.07, 6.45) is 1.62. The molecule has 0 amide bonds. The summed E-state index contributed by atoms with van der Waals surface area (Å²) in [5.41, 5.74) is 6.89. The van der Waals surface area contributed by atoms with Gasteiger partial charge in [0, 0.05) is 0 Å². The fraction of sp³-hybridized carbons (Fsp3) is 0. The van der Waals surface area contributed by atoms with Crippen molar-refractivity contribution in [3.63, 3.8) is 0 Å². The molecule has 6 heteroatoms. The molecular weight excluding hydrogens is 210 g/mol. The van der Waals surface area contributed by atoms with Crippen molar-refractivity contribution >= 4 is 28.4 Å². The molecule has 0 saturated carbocycles. The predicted octanol–water partition coefficient (Wildman–Crippen LogP) is 1.66. The Kier molecular flexibility index (Phi) is 1.69. The van der Waals surface area contributed by atoms with Crippen LogP contribution in [-0.2, 0) is 0 Å². The van der Waals surface area contributed by atoms with Crippen LogP contribution in [-0.4, -0.2) is 19.9 Å². The second kappa shape index (κ2) is 3.03. The molecule has 3 N–H and O–H groups in total. The minimum absolute atomic E-state index is 0.254. The third-order valence-corrected chi connectivity index (χ3v) is 2.89. The lowest BCUT2D eigenvalue weighted by atomic mass is 10.4. The largest absolute Gasteiger partial charge is 0.368 e. The third-order valence-electron chi connectivity index (χ3n) is 2.01. The number of fused-ring (bicyclic) bond motifs is 1. The number of nitrogen functional groups attached to an aromatic ring is 1. The minimum Gasteiger partial charge on any atom is -0.368 e. The number of nitrogens with zero attached hydrogens (tertiary/aromatic N) is 3. The predicted molar refractivity (Wildman–Crippen MR) is 59.4 cm³/mol. The van der Waals surface area contributed by atoms with Crippen LogP contribution in [0.25, 0.3) is 21.9 Å². The summed E-state index contributed by atoms with van der Waals surface area (Å²) >= 11 is 1.62. The summed E-state index contributed by atoms with van der Waals surface area (Å²) < 4.78 is 0. The number of aromatic nitrogens is 4. The Labute approximate surface area is 89.0 Å². The van der Waals surface area contributed by atoms with E-state index in [0.717, 1.165) is 16.2 Å². The summed E-state index contributed by atoms with van der Waals surface area (Å²) in [5.74, 6) is 1.06. The molecule has 74 valence electrons. The van der Waals surface area contributed by atoms with Crippen LogP contribution >= 0.6 is 11.3 Å². The average Bonchev–Trinajstić information content (AvgIpc) is 2.84. The maximum Gasteiger partial charge on any atom is 0.222 e. The Morgan fingerprint density at radius 2 is 2.27 bits per heavy atom. The van der Waals surface area contributed by atoms with Gasteiger partial charge in [-0.15, -0.1) is 11.3 Å². The van der Waals surface area contributed by atoms with E-state index in [2.05, 4.69) is 19.9 Å². The molecule has 0 spiro atoms. The molecule has 0 aliphatic carbocycles. The molecule has 0 bridgehead atoms. The highest BCUT2D eigenvalue weighted by Gasteiger charge is 2.07. The van der Waals surface area contributed by atoms with Crippen LogP contribution in [0.3, 0.4) is 0 Å². The van der Waals surface area contributed by atoms with Gasteiger partial charge in [0.15, 0.2) is 5.65 Å². The Morgan fingerprint density at radius 1 is 1.33 bits per heavy atom. The zero-order chi connectivity index (χ0) is 10.3. The van der Waals surface area contributed by atoms with Crippen LogP contribution in [0.15, 0.2) is 23.7 Å². The summed E-state index contributed by atoms with van der Waals surface area (Å²) in [5, 5.41) is 2.00. The maximum absolute atomic E-state index is 5.48. The Morgan fingerprint density at radius 3 is 3.07 bits per heavy atom. The van der Waals surface area contributed by atoms with Crippen molar-refractivity contribution < 1.29 is 0 Å². The lowest BCUT2D eigenvalue weighted by Crippen LogP contribution is -1.93. The number of aromatic amines is 1. The SMILES string of the molecule is Nc1ncc2nc(-c3cccs3)[nH]c2n1. The summed E-state index contributed by atoms with van der Waals surface area (Å²) in [7, 11) is 0. The summed E-state index contributed by atoms with van der Waals surface area (Å²) in [4.78, 5) is 16.5. The minimum atomic E-state index is 0.254. The Balaban J connectivity index is 2.22. The summed E-state index contributed by atoms with van der Waals surface area (Å²) in [6.45, 7) is 0. The van der Waals surface area contributed by atoms with Gasteiger partial charge < -0.3 is 10.7 Å². The van der Waals surface area contributed by atoms with Crippen LogP contribution in [0, 0.1) is 0 Å². The topological polar surface area (TPSA) is 80.5 Å². The van der Waals surface area contributed by atoms with Gasteiger partial charge in [0.05, 0.1) is 11.1 Å². The van der Waals surface area contributed by atoms with E-state index in [1.807, 2.05) is 17.5 Å². The third kappa shape index (κ3) is 1.35. The number of rotatable bonds is 1. The molecule has 15 heavy (non-hydrogen) atoms. The van der Waals surface area contributed by atoms with Gasteiger partial charge in [-0.05, 0) is 11.4 Å². The van der Waals surface area contributed by atoms with Crippen molar-refractivity contribution in [3.8, 4) is 10.7 Å². The molecule has 3 aromatic rings. The van der Waals surface area contributed by atoms with Crippen LogP contribution in [0.5, 0.6) is 0 Å². The number of H-pyrrole nitrogens is 1. The zero-order valence-electron chi connectivity index (χ0n) is 7.64. The molecule has 0 aliphatic heterocycles. The highest BCUT2D eigenvalue weighted by molar-refractivity contribution is 7.13. The van der Waals surface area contributed by atoms with Crippen LogP contribution in [0.2, 0.25) is 0 Å². The van der Waals surface area contributed by atoms with Gasteiger partial charge >= 0.3 is 0 Å². The van der Waals surface area contributed by atoms with Crippen molar-refractivity contribution in [3.05, 3.63) is 23.7 Å². The van der Waals surface area contributed by atoms with E-state index >= 15 is 0 Å². The quantitative estimate of drug-likeness (QED) is 0.649. The van der Waals surface area contributed by atoms with E-state index in [-0.39, 0.29) is 5.95 Å². The number of hydrogen-bond acceptors (Lipinski definition) is 5. The van der Waals surface area contributed by atoms with Gasteiger partial charge in [-0.1, -0.05) is 6.07 Å². The lowest BCUT2D eigenvalue weighted by molar-refractivity contribution is 1.22. The maximum atomic E-state index is 5.48. The standard InChI is InChI=1S/C9H7N5S/c10-9-11-4-5-7(14-9)13-8(12-5)6-2-1-3-15-6/h1-4H,(H3,10,11,12,13,14). The molecular formula is C9H7N5S. The van der Waals surface area contributed by atoms with E-state index < -0.39 is 0 Å². The van der Waals surface area contributed by atoms with Crippen molar-refractivity contribution in [2.75, 3.05) is 5.73 Å². The second-order valence-electron chi connectivity index (χ2n) is 3.02. The van der Waals surface area contributed by atoms with Gasteiger partial charge in [-0.25, -0.2) is 9.97 Å². The first-order valence-electron chi connectivity index (χ1n) is 4.35. The Bertz CT molecular complexity index is 598. The highest BCUT2D eigenvalue weighted by atomic mass is 32.1. The number of thiophene rings is 1. The van der Waals surface area contributed by atoms with Gasteiger partial charge in [-0.3, -0.25) is 0 Å². The number of nitrogens with two attached hydrogens (primary N) is 1. The normalized spacial score (nSPS) is 10.9. The highest BCUT2D eigenvalue weighted by Crippen LogP contribution is 2.23. The van der Waals surface area contributed by atoms with Crippen molar-refractivity contribution in [1.82, 2.24) is 19.9 Å². The molecule has 5 nitrogen and oxygen atoms in total. The molecule has 3 aromatic heterocycles. The van der Waals surface area contributed by atoms with Gasteiger partial charge in [-0.2, -0.15) is 4.98 Å². The number of nitrogens with one attached hydrogen (secondary N) is 1. The van der Waals surface area contributed by atoms with Crippen LogP contribution in [0.1, 0.15) is 0 Å². The number of anilines is 1. The fourth-order valence-electron chi connectivity index (χ4n) is 1.35. The van der Waals surface area contributed by atoms with Crippen molar-refractivity contribution in [2.24, 2.45) is 0 Å². The molecule has 0 aliphatic rings. The van der Waals surface area contributed by atoms with Crippen molar-refractivity contribution in [2.45, 2.75) is 0 Å². The molecule has 0 fully saturated rings. The molecule has 0 unspecified atom stereocenters. The number of hydrogen-bond donors (Lipinski definition) is 2. The van der Waals surface area contributed by atoms with E-state index in [1.165, 1.54) is 0 Å². The number of imidazole rings is 1. The first-order chi connectivity index (χ1) is 7.33.